The smallest absolute Gasteiger partial charge is 0.407 e. The zero-order valence-electron chi connectivity index (χ0n) is 5.80. The van der Waals surface area contributed by atoms with Crippen LogP contribution in [0.3, 0.4) is 0 Å². The van der Waals surface area contributed by atoms with Crippen LogP contribution in [-0.2, 0) is 4.79 Å². The van der Waals surface area contributed by atoms with Crippen LogP contribution in [0.4, 0.5) is 4.79 Å². The molecule has 2 unspecified atom stereocenters. The van der Waals surface area contributed by atoms with Crippen LogP contribution in [0, 0.1) is 0 Å². The van der Waals surface area contributed by atoms with Gasteiger partial charge in [0.25, 0.3) is 0 Å². The maximum absolute atomic E-state index is 10.4. The van der Waals surface area contributed by atoms with Crippen molar-refractivity contribution in [3.63, 3.8) is 0 Å². The molecule has 0 aromatic heterocycles. The molecule has 0 spiro atoms. The molecule has 2 N–H and O–H groups in total. The first-order valence-corrected chi connectivity index (χ1v) is 3.29. The van der Waals surface area contributed by atoms with E-state index in [4.69, 9.17) is 10.2 Å². The molecular formula is C6H9NO4. The van der Waals surface area contributed by atoms with E-state index in [1.165, 1.54) is 0 Å². The van der Waals surface area contributed by atoms with E-state index in [1.807, 2.05) is 0 Å². The van der Waals surface area contributed by atoms with Gasteiger partial charge in [-0.3, -0.25) is 4.90 Å². The van der Waals surface area contributed by atoms with E-state index in [0.717, 1.165) is 4.90 Å². The third kappa shape index (κ3) is 1.32. The number of carbonyl (C=O) groups excluding carboxylic acids is 1. The number of aliphatic hydroxyl groups is 1. The van der Waals surface area contributed by atoms with Gasteiger partial charge in [0.15, 0.2) is 0 Å². The van der Waals surface area contributed by atoms with E-state index in [1.54, 1.807) is 0 Å². The Hall–Kier alpha value is -1.10. The van der Waals surface area contributed by atoms with Crippen molar-refractivity contribution in [2.75, 3.05) is 6.54 Å². The lowest BCUT2D eigenvalue weighted by Crippen LogP contribution is -2.39. The molecule has 1 fully saturated rings. The molecular weight excluding hydrogens is 150 g/mol. The first-order chi connectivity index (χ1) is 5.16. The highest BCUT2D eigenvalue weighted by molar-refractivity contribution is 5.73. The lowest BCUT2D eigenvalue weighted by Gasteiger charge is -2.16. The Labute approximate surface area is 63.2 Å². The summed E-state index contributed by atoms with van der Waals surface area (Å²) in [7, 11) is 0. The van der Waals surface area contributed by atoms with Gasteiger partial charge in [-0.1, -0.05) is 0 Å². The largest absolute Gasteiger partial charge is 0.465 e. The summed E-state index contributed by atoms with van der Waals surface area (Å²) in [5.41, 5.74) is 0. The van der Waals surface area contributed by atoms with Crippen LogP contribution in [0.25, 0.3) is 0 Å². The summed E-state index contributed by atoms with van der Waals surface area (Å²) in [5.74, 6) is 0. The molecule has 1 aliphatic rings. The van der Waals surface area contributed by atoms with E-state index in [9.17, 15) is 9.59 Å². The van der Waals surface area contributed by atoms with Crippen molar-refractivity contribution in [3.8, 4) is 0 Å². The number of hydrogen-bond acceptors (Lipinski definition) is 3. The summed E-state index contributed by atoms with van der Waals surface area (Å²) < 4.78 is 0. The third-order valence-corrected chi connectivity index (χ3v) is 1.81. The van der Waals surface area contributed by atoms with Crippen LogP contribution in [0.2, 0.25) is 0 Å². The van der Waals surface area contributed by atoms with Gasteiger partial charge in [-0.15, -0.1) is 0 Å². The summed E-state index contributed by atoms with van der Waals surface area (Å²) in [6.07, 6.45) is -1.18. The minimum Gasteiger partial charge on any atom is -0.465 e. The molecule has 5 nitrogen and oxygen atoms in total. The number of likely N-dealkylation sites (tertiary alicyclic amines) is 1. The van der Waals surface area contributed by atoms with Gasteiger partial charge >= 0.3 is 6.09 Å². The second-order valence-electron chi connectivity index (χ2n) is 2.46. The molecule has 0 aromatic carbocycles. The summed E-state index contributed by atoms with van der Waals surface area (Å²) in [5, 5.41) is 17.6. The summed E-state index contributed by atoms with van der Waals surface area (Å²) in [4.78, 5) is 21.6. The maximum Gasteiger partial charge on any atom is 0.407 e. The van der Waals surface area contributed by atoms with Crippen molar-refractivity contribution in [1.29, 1.82) is 0 Å². The molecule has 0 bridgehead atoms. The molecule has 62 valence electrons. The molecule has 1 heterocycles. The lowest BCUT2D eigenvalue weighted by atomic mass is 10.2. The molecule has 5 heteroatoms. The molecule has 0 aromatic rings. The molecule has 1 aliphatic heterocycles. The Morgan fingerprint density at radius 2 is 2.27 bits per heavy atom. The quantitative estimate of drug-likeness (QED) is 0.496. The van der Waals surface area contributed by atoms with Gasteiger partial charge in [0.05, 0.1) is 6.10 Å². The number of carboxylic acid groups (broad SMARTS) is 1. The fourth-order valence-corrected chi connectivity index (χ4v) is 1.19. The predicted molar refractivity (Wildman–Crippen MR) is 35.2 cm³/mol. The van der Waals surface area contributed by atoms with E-state index in [0.29, 0.717) is 12.7 Å². The molecule has 11 heavy (non-hydrogen) atoms. The predicted octanol–water partition coefficient (Wildman–Crippen LogP) is -0.701. The van der Waals surface area contributed by atoms with Crippen molar-refractivity contribution in [2.24, 2.45) is 0 Å². The second-order valence-corrected chi connectivity index (χ2v) is 2.46. The van der Waals surface area contributed by atoms with E-state index >= 15 is 0 Å². The van der Waals surface area contributed by atoms with E-state index < -0.39 is 18.2 Å². The molecule has 1 rings (SSSR count). The number of aliphatic hydroxyl groups excluding tert-OH is 1. The standard InChI is InChI=1S/C6H9NO4/c8-3-4-5(9)1-2-7(4)6(10)11/h3-5,9H,1-2H2,(H,10,11). The fraction of sp³-hybridized carbons (Fsp3) is 0.667. The van der Waals surface area contributed by atoms with Gasteiger partial charge in [0, 0.05) is 6.54 Å². The molecule has 0 radical (unpaired) electrons. The van der Waals surface area contributed by atoms with Gasteiger partial charge in [-0.2, -0.15) is 0 Å². The normalized spacial score (nSPS) is 30.5. The first-order valence-electron chi connectivity index (χ1n) is 3.29. The fourth-order valence-electron chi connectivity index (χ4n) is 1.19. The van der Waals surface area contributed by atoms with Crippen LogP contribution in [-0.4, -0.2) is 46.2 Å². The van der Waals surface area contributed by atoms with E-state index in [2.05, 4.69) is 0 Å². The molecule has 1 amide bonds. The minimum absolute atomic E-state index is 0.236. The van der Waals surface area contributed by atoms with Crippen LogP contribution < -0.4 is 0 Å². The Morgan fingerprint density at radius 1 is 1.64 bits per heavy atom. The average molecular weight is 159 g/mol. The summed E-state index contributed by atoms with van der Waals surface area (Å²) in [6, 6.07) is -0.868. The monoisotopic (exact) mass is 159 g/mol. The van der Waals surface area contributed by atoms with Crippen LogP contribution in [0.1, 0.15) is 6.42 Å². The number of amides is 1. The first kappa shape index (κ1) is 8.00. The van der Waals surface area contributed by atoms with Crippen molar-refractivity contribution < 1.29 is 19.8 Å². The molecule has 1 saturated heterocycles. The zero-order valence-corrected chi connectivity index (χ0v) is 5.80. The van der Waals surface area contributed by atoms with Gasteiger partial charge in [0.1, 0.15) is 12.3 Å². The second kappa shape index (κ2) is 2.87. The van der Waals surface area contributed by atoms with Crippen molar-refractivity contribution in [1.82, 2.24) is 4.90 Å². The topological polar surface area (TPSA) is 77.8 Å². The Balaban J connectivity index is 2.68. The van der Waals surface area contributed by atoms with Gasteiger partial charge < -0.3 is 15.0 Å². The van der Waals surface area contributed by atoms with Crippen molar-refractivity contribution >= 4 is 12.4 Å². The Kier molecular flexibility index (Phi) is 2.09. The van der Waals surface area contributed by atoms with Gasteiger partial charge in [-0.25, -0.2) is 4.79 Å². The number of hydrogen-bond donors (Lipinski definition) is 2. The van der Waals surface area contributed by atoms with Crippen molar-refractivity contribution in [2.45, 2.75) is 18.6 Å². The van der Waals surface area contributed by atoms with Crippen LogP contribution >= 0.6 is 0 Å². The average Bonchev–Trinajstić information content (AvgIpc) is 2.30. The highest BCUT2D eigenvalue weighted by Gasteiger charge is 2.35. The summed E-state index contributed by atoms with van der Waals surface area (Å²) >= 11 is 0. The SMILES string of the molecule is O=CC1C(O)CCN1C(=O)O. The highest BCUT2D eigenvalue weighted by atomic mass is 16.4. The maximum atomic E-state index is 10.4. The minimum atomic E-state index is -1.15. The Morgan fingerprint density at radius 3 is 2.64 bits per heavy atom. The summed E-state index contributed by atoms with van der Waals surface area (Å²) in [6.45, 7) is 0.236. The number of aldehydes is 1. The zero-order chi connectivity index (χ0) is 8.43. The molecule has 2 atom stereocenters. The molecule has 0 aliphatic carbocycles. The molecule has 0 saturated carbocycles. The highest BCUT2D eigenvalue weighted by Crippen LogP contribution is 2.15. The third-order valence-electron chi connectivity index (χ3n) is 1.81. The van der Waals surface area contributed by atoms with Gasteiger partial charge in [-0.05, 0) is 6.42 Å². The van der Waals surface area contributed by atoms with Crippen LogP contribution in [0.5, 0.6) is 0 Å². The number of nitrogens with zero attached hydrogens (tertiary/aromatic N) is 1. The lowest BCUT2D eigenvalue weighted by molar-refractivity contribution is -0.113. The van der Waals surface area contributed by atoms with E-state index in [-0.39, 0.29) is 6.54 Å². The van der Waals surface area contributed by atoms with Crippen molar-refractivity contribution in [3.05, 3.63) is 0 Å². The number of rotatable bonds is 1. The Bertz CT molecular complexity index is 181. The number of carbonyl (C=O) groups is 2. The van der Waals surface area contributed by atoms with Crippen LogP contribution in [0.15, 0.2) is 0 Å². The van der Waals surface area contributed by atoms with Gasteiger partial charge in [0.2, 0.25) is 0 Å².